The van der Waals surface area contributed by atoms with Crippen LogP contribution in [0.1, 0.15) is 27.2 Å². The Hall–Kier alpha value is -3.09. The number of sulfonamides is 1. The van der Waals surface area contributed by atoms with Gasteiger partial charge in [0.15, 0.2) is 0 Å². The minimum absolute atomic E-state index is 0.0292. The minimum atomic E-state index is -4.11. The molecule has 0 spiro atoms. The van der Waals surface area contributed by atoms with Crippen molar-refractivity contribution in [3.63, 3.8) is 0 Å². The van der Waals surface area contributed by atoms with Gasteiger partial charge in [0.1, 0.15) is 23.6 Å². The molecule has 1 aliphatic heterocycles. The van der Waals surface area contributed by atoms with Gasteiger partial charge in [-0.3, -0.25) is 14.4 Å². The van der Waals surface area contributed by atoms with Crippen LogP contribution in [0.5, 0.6) is 0 Å². The van der Waals surface area contributed by atoms with Crippen LogP contribution in [-0.4, -0.2) is 65.4 Å². The van der Waals surface area contributed by atoms with Crippen LogP contribution in [0, 0.1) is 0 Å². The van der Waals surface area contributed by atoms with Gasteiger partial charge in [-0.25, -0.2) is 8.42 Å². The molecule has 0 radical (unpaired) electrons. The van der Waals surface area contributed by atoms with Gasteiger partial charge in [-0.1, -0.05) is 0 Å². The summed E-state index contributed by atoms with van der Waals surface area (Å²) in [6.45, 7) is 5.38. The number of hydrogen-bond acceptors (Lipinski definition) is 8. The topological polar surface area (TPSA) is 143 Å². The Labute approximate surface area is 212 Å². The van der Waals surface area contributed by atoms with Crippen molar-refractivity contribution in [1.29, 1.82) is 0 Å². The van der Waals surface area contributed by atoms with Gasteiger partial charge in [0.05, 0.1) is 11.5 Å². The molecular formula is C24H26N2O8S2. The number of rotatable bonds is 7. The van der Waals surface area contributed by atoms with Crippen LogP contribution < -0.4 is 5.32 Å². The van der Waals surface area contributed by atoms with E-state index in [0.29, 0.717) is 33.4 Å². The Balaban J connectivity index is 1.66. The molecule has 4 rings (SSSR count). The molecule has 0 aliphatic carbocycles. The van der Waals surface area contributed by atoms with Gasteiger partial charge >= 0.3 is 11.9 Å². The first kappa shape index (κ1) is 26.0. The van der Waals surface area contributed by atoms with E-state index in [0.717, 1.165) is 4.31 Å². The third-order valence-electron chi connectivity index (χ3n) is 5.91. The van der Waals surface area contributed by atoms with E-state index in [9.17, 15) is 27.9 Å². The number of anilines is 1. The first-order chi connectivity index (χ1) is 16.9. The molecule has 1 saturated heterocycles. The number of esters is 1. The molecule has 1 aromatic heterocycles. The Morgan fingerprint density at radius 1 is 1.17 bits per heavy atom. The number of furan rings is 1. The fourth-order valence-electron chi connectivity index (χ4n) is 4.31. The normalized spacial score (nSPS) is 18.2. The fourth-order valence-corrected chi connectivity index (χ4v) is 7.43. The predicted molar refractivity (Wildman–Crippen MR) is 135 cm³/mol. The van der Waals surface area contributed by atoms with Gasteiger partial charge in [-0.15, -0.1) is 0 Å². The van der Waals surface area contributed by atoms with E-state index < -0.39 is 45.1 Å². The van der Waals surface area contributed by atoms with Gasteiger partial charge in [0.25, 0.3) is 0 Å². The molecule has 1 unspecified atom stereocenters. The number of ether oxygens (including phenoxy) is 1. The van der Waals surface area contributed by atoms with Crippen LogP contribution in [0.4, 0.5) is 5.69 Å². The zero-order valence-corrected chi connectivity index (χ0v) is 21.6. The summed E-state index contributed by atoms with van der Waals surface area (Å²) in [5.74, 6) is -1.87. The van der Waals surface area contributed by atoms with Gasteiger partial charge < -0.3 is 19.6 Å². The largest absolute Gasteiger partial charge is 0.480 e. The molecule has 12 heteroatoms. The van der Waals surface area contributed by atoms with E-state index in [1.807, 2.05) is 0 Å². The summed E-state index contributed by atoms with van der Waals surface area (Å²) in [5, 5.41) is 13.6. The third kappa shape index (κ3) is 4.93. The summed E-state index contributed by atoms with van der Waals surface area (Å²) >= 11 is 1.43. The van der Waals surface area contributed by atoms with Crippen LogP contribution in [0.3, 0.4) is 0 Å². The number of aliphatic carboxylic acids is 1. The van der Waals surface area contributed by atoms with Crippen molar-refractivity contribution < 1.29 is 37.1 Å². The maximum atomic E-state index is 13.5. The number of nitrogens with zero attached hydrogens (tertiary/aromatic N) is 1. The van der Waals surface area contributed by atoms with Crippen molar-refractivity contribution in [2.24, 2.45) is 0 Å². The van der Waals surface area contributed by atoms with E-state index in [4.69, 9.17) is 9.15 Å². The van der Waals surface area contributed by atoms with Crippen LogP contribution in [0.2, 0.25) is 0 Å². The first-order valence-electron chi connectivity index (χ1n) is 11.2. The van der Waals surface area contributed by atoms with E-state index >= 15 is 0 Å². The number of carboxylic acid groups (broad SMARTS) is 1. The summed E-state index contributed by atoms with van der Waals surface area (Å²) < 4.78 is 38.0. The van der Waals surface area contributed by atoms with Gasteiger partial charge in [-0.2, -0.15) is 16.1 Å². The molecule has 1 atom stereocenters. The van der Waals surface area contributed by atoms with Crippen LogP contribution in [0.15, 0.2) is 45.7 Å². The highest BCUT2D eigenvalue weighted by Gasteiger charge is 2.48. The number of amides is 1. The highest BCUT2D eigenvalue weighted by molar-refractivity contribution is 8.00. The molecule has 0 saturated carbocycles. The molecule has 2 N–H and O–H groups in total. The Morgan fingerprint density at radius 2 is 1.92 bits per heavy atom. The lowest BCUT2D eigenvalue weighted by Crippen LogP contribution is -2.58. The number of thioether (sulfide) groups is 1. The maximum Gasteiger partial charge on any atom is 0.323 e. The molecule has 2 aromatic carbocycles. The number of benzene rings is 2. The molecule has 36 heavy (non-hydrogen) atoms. The van der Waals surface area contributed by atoms with Crippen LogP contribution in [-0.2, 0) is 29.1 Å². The zero-order chi connectivity index (χ0) is 26.3. The number of carbonyl (C=O) groups is 3. The molecule has 0 bridgehead atoms. The molecule has 3 aromatic rings. The lowest BCUT2D eigenvalue weighted by atomic mass is 10.0. The van der Waals surface area contributed by atoms with Crippen molar-refractivity contribution in [2.75, 3.05) is 24.2 Å². The van der Waals surface area contributed by atoms with Crippen molar-refractivity contribution in [3.8, 4) is 0 Å². The molecule has 1 fully saturated rings. The lowest BCUT2D eigenvalue weighted by molar-refractivity contribution is -0.145. The maximum absolute atomic E-state index is 13.5. The smallest absolute Gasteiger partial charge is 0.323 e. The van der Waals surface area contributed by atoms with Crippen molar-refractivity contribution in [3.05, 3.63) is 36.4 Å². The van der Waals surface area contributed by atoms with E-state index in [1.165, 1.54) is 30.0 Å². The first-order valence-corrected chi connectivity index (χ1v) is 13.7. The monoisotopic (exact) mass is 534 g/mol. The quantitative estimate of drug-likeness (QED) is 0.344. The number of fused-ring (bicyclic) bond motifs is 3. The highest BCUT2D eigenvalue weighted by Crippen LogP contribution is 2.39. The Bertz CT molecular complexity index is 1460. The molecule has 192 valence electrons. The second-order valence-corrected chi connectivity index (χ2v) is 12.4. The Kier molecular flexibility index (Phi) is 7.04. The number of hydrogen-bond donors (Lipinski definition) is 2. The number of carboxylic acids is 1. The summed E-state index contributed by atoms with van der Waals surface area (Å²) in [6, 6.07) is 8.07. The van der Waals surface area contributed by atoms with E-state index in [-0.39, 0.29) is 18.0 Å². The number of nitrogens with one attached hydrogen (secondary N) is 1. The highest BCUT2D eigenvalue weighted by atomic mass is 32.2. The molecule has 2 heterocycles. The summed E-state index contributed by atoms with van der Waals surface area (Å²) in [4.78, 5) is 35.6. The van der Waals surface area contributed by atoms with Gasteiger partial charge in [-0.05, 0) is 51.1 Å². The van der Waals surface area contributed by atoms with E-state index in [1.54, 1.807) is 39.0 Å². The Morgan fingerprint density at radius 3 is 2.61 bits per heavy atom. The van der Waals surface area contributed by atoms with Gasteiger partial charge in [0, 0.05) is 39.6 Å². The second-order valence-electron chi connectivity index (χ2n) is 8.81. The zero-order valence-electron chi connectivity index (χ0n) is 19.9. The van der Waals surface area contributed by atoms with Crippen molar-refractivity contribution >= 4 is 67.3 Å². The van der Waals surface area contributed by atoms with Crippen LogP contribution >= 0.6 is 11.8 Å². The lowest BCUT2D eigenvalue weighted by Gasteiger charge is -2.42. The van der Waals surface area contributed by atoms with Crippen molar-refractivity contribution in [1.82, 2.24) is 4.31 Å². The third-order valence-corrected chi connectivity index (χ3v) is 9.12. The van der Waals surface area contributed by atoms with Gasteiger partial charge in [0.2, 0.25) is 15.9 Å². The predicted octanol–water partition coefficient (Wildman–Crippen LogP) is 3.45. The van der Waals surface area contributed by atoms with E-state index in [2.05, 4.69) is 5.32 Å². The summed E-state index contributed by atoms with van der Waals surface area (Å²) in [5.41, 5.74) is 1.25. The SMILES string of the molecule is CCOC(=O)CC(=O)Nc1ccc2c(c1)oc1ccc(S(=O)(=O)N3CCSC(C)(C)C3C(=O)O)cc12. The number of carbonyl (C=O) groups excluding carboxylic acids is 2. The van der Waals surface area contributed by atoms with Crippen LogP contribution in [0.25, 0.3) is 21.9 Å². The molecule has 10 nitrogen and oxygen atoms in total. The fraction of sp³-hybridized carbons (Fsp3) is 0.375. The summed E-state index contributed by atoms with van der Waals surface area (Å²) in [6.07, 6.45) is -0.420. The standard InChI is InChI=1S/C24H26N2O8S2/c1-4-33-21(28)13-20(27)25-14-5-7-16-17-12-15(6-8-18(17)34-19(16)11-14)36(31,32)26-9-10-35-24(2,3)22(26)23(29)30/h5-8,11-12,22H,4,9-10,13H2,1-3H3,(H,25,27)(H,29,30). The van der Waals surface area contributed by atoms with Crippen molar-refractivity contribution in [2.45, 2.75) is 42.9 Å². The summed E-state index contributed by atoms with van der Waals surface area (Å²) in [7, 11) is -4.11. The molecule has 1 amide bonds. The minimum Gasteiger partial charge on any atom is -0.480 e. The average molecular weight is 535 g/mol. The molecular weight excluding hydrogens is 508 g/mol. The molecule has 1 aliphatic rings. The average Bonchev–Trinajstić information content (AvgIpc) is 3.14. The second kappa shape index (κ2) is 9.75.